The van der Waals surface area contributed by atoms with E-state index in [1.807, 2.05) is 10.6 Å². The molecule has 0 heterocycles. The molecule has 2 rings (SSSR count). The minimum absolute atomic E-state index is 0.0331. The summed E-state index contributed by atoms with van der Waals surface area (Å²) in [4.78, 5) is 45.1. The average Bonchev–Trinajstić information content (AvgIpc) is 3.42. The molecule has 2 N–H and O–H groups in total. The zero-order valence-corrected chi connectivity index (χ0v) is 13.1. The van der Waals surface area contributed by atoms with Crippen molar-refractivity contribution >= 4 is 24.1 Å². The van der Waals surface area contributed by atoms with Crippen LogP contribution in [0.25, 0.3) is 0 Å². The standard InChI is InChI=1S/C14H14F4N2O6/c15-9(16)13(3-4-13)19-11(23)25-7(21)1-2-8(22)26-12(24)20-14(5-6-14)10(17)18/h1-2,9-10H,3-6H2,(H,19,23)(H,20,24)/b2-1-. The third kappa shape index (κ3) is 4.92. The molecule has 2 aliphatic carbocycles. The van der Waals surface area contributed by atoms with E-state index >= 15 is 0 Å². The second-order valence-electron chi connectivity index (χ2n) is 5.91. The number of alkyl carbamates (subject to hydrolysis) is 2. The first-order valence-electron chi connectivity index (χ1n) is 7.41. The van der Waals surface area contributed by atoms with Crippen LogP contribution in [-0.4, -0.2) is 48.1 Å². The van der Waals surface area contributed by atoms with E-state index in [-0.39, 0.29) is 25.7 Å². The molecule has 0 aromatic rings. The Morgan fingerprint density at radius 3 is 1.27 bits per heavy atom. The molecule has 0 aromatic heterocycles. The largest absolute Gasteiger partial charge is 0.415 e. The molecule has 12 heteroatoms. The van der Waals surface area contributed by atoms with E-state index in [4.69, 9.17) is 0 Å². The van der Waals surface area contributed by atoms with Gasteiger partial charge in [-0.1, -0.05) is 0 Å². The summed E-state index contributed by atoms with van der Waals surface area (Å²) in [5.74, 6) is -2.76. The molecule has 2 amide bonds. The van der Waals surface area contributed by atoms with Crippen molar-refractivity contribution in [2.75, 3.05) is 0 Å². The van der Waals surface area contributed by atoms with Crippen molar-refractivity contribution in [3.8, 4) is 0 Å². The van der Waals surface area contributed by atoms with Crippen molar-refractivity contribution in [2.45, 2.75) is 49.6 Å². The van der Waals surface area contributed by atoms with Gasteiger partial charge in [0.1, 0.15) is 11.1 Å². The predicted molar refractivity (Wildman–Crippen MR) is 74.3 cm³/mol. The summed E-state index contributed by atoms with van der Waals surface area (Å²) in [5.41, 5.74) is -3.41. The predicted octanol–water partition coefficient (Wildman–Crippen LogP) is 1.64. The zero-order chi connectivity index (χ0) is 19.5. The van der Waals surface area contributed by atoms with Gasteiger partial charge in [-0.05, 0) is 25.7 Å². The van der Waals surface area contributed by atoms with E-state index in [2.05, 4.69) is 9.47 Å². The Hall–Kier alpha value is -2.66. The van der Waals surface area contributed by atoms with Crippen molar-refractivity contribution in [2.24, 2.45) is 0 Å². The molecule has 144 valence electrons. The van der Waals surface area contributed by atoms with E-state index in [9.17, 15) is 36.7 Å². The highest BCUT2D eigenvalue weighted by Gasteiger charge is 2.53. The van der Waals surface area contributed by atoms with Crippen molar-refractivity contribution < 1.29 is 46.2 Å². The molecule has 2 fully saturated rings. The van der Waals surface area contributed by atoms with Gasteiger partial charge in [0.2, 0.25) is 0 Å². The topological polar surface area (TPSA) is 111 Å². The highest BCUT2D eigenvalue weighted by Crippen LogP contribution is 2.41. The van der Waals surface area contributed by atoms with E-state index in [1.54, 1.807) is 0 Å². The normalized spacial score (nSPS) is 19.2. The molecule has 0 aliphatic heterocycles. The molecule has 0 saturated heterocycles. The molecule has 0 aromatic carbocycles. The minimum atomic E-state index is -2.82. The fraction of sp³-hybridized carbons (Fsp3) is 0.571. The Morgan fingerprint density at radius 1 is 0.731 bits per heavy atom. The van der Waals surface area contributed by atoms with Crippen molar-refractivity contribution in [3.05, 3.63) is 12.2 Å². The van der Waals surface area contributed by atoms with Crippen LogP contribution < -0.4 is 10.6 Å². The molecule has 0 unspecified atom stereocenters. The monoisotopic (exact) mass is 382 g/mol. The van der Waals surface area contributed by atoms with E-state index < -0.39 is 48.1 Å². The summed E-state index contributed by atoms with van der Waals surface area (Å²) < 4.78 is 58.7. The summed E-state index contributed by atoms with van der Waals surface area (Å²) in [6.45, 7) is 0. The SMILES string of the molecule is O=C(/C=C\C(=O)OC(=O)NC1(C(F)F)CC1)OC(=O)NC1(C(F)F)CC1. The Bertz CT molecular complexity index is 589. The first-order chi connectivity index (χ1) is 12.1. The number of hydrogen-bond acceptors (Lipinski definition) is 6. The number of hydrogen-bond donors (Lipinski definition) is 2. The van der Waals surface area contributed by atoms with Crippen molar-refractivity contribution in [1.82, 2.24) is 10.6 Å². The van der Waals surface area contributed by atoms with Gasteiger partial charge in [0, 0.05) is 12.2 Å². The number of rotatable bonds is 6. The summed E-state index contributed by atoms with van der Waals surface area (Å²) in [6, 6.07) is 0. The molecule has 2 saturated carbocycles. The number of ether oxygens (including phenoxy) is 2. The second-order valence-corrected chi connectivity index (χ2v) is 5.91. The van der Waals surface area contributed by atoms with Crippen LogP contribution in [0.3, 0.4) is 0 Å². The van der Waals surface area contributed by atoms with E-state index in [0.29, 0.717) is 12.2 Å². The zero-order valence-electron chi connectivity index (χ0n) is 13.1. The van der Waals surface area contributed by atoms with Crippen LogP contribution >= 0.6 is 0 Å². The molecular weight excluding hydrogens is 368 g/mol. The highest BCUT2D eigenvalue weighted by atomic mass is 19.3. The molecular formula is C14H14F4N2O6. The third-order valence-corrected chi connectivity index (χ3v) is 3.86. The maximum absolute atomic E-state index is 12.6. The summed E-state index contributed by atoms with van der Waals surface area (Å²) in [6.07, 6.45) is -7.52. The molecule has 26 heavy (non-hydrogen) atoms. The Kier molecular flexibility index (Phi) is 5.52. The molecule has 8 nitrogen and oxygen atoms in total. The molecule has 0 spiro atoms. The lowest BCUT2D eigenvalue weighted by Gasteiger charge is -2.15. The van der Waals surface area contributed by atoms with Gasteiger partial charge < -0.3 is 20.1 Å². The maximum Gasteiger partial charge on any atom is 0.415 e. The number of carbonyl (C=O) groups excluding carboxylic acids is 4. The smallest absolute Gasteiger partial charge is 0.373 e. The first-order valence-corrected chi connectivity index (χ1v) is 7.41. The van der Waals surface area contributed by atoms with Gasteiger partial charge in [0.25, 0.3) is 12.9 Å². The quantitative estimate of drug-likeness (QED) is 0.313. The van der Waals surface area contributed by atoms with Gasteiger partial charge in [-0.25, -0.2) is 36.7 Å². The number of alkyl halides is 4. The van der Waals surface area contributed by atoms with Gasteiger partial charge in [-0.2, -0.15) is 0 Å². The number of nitrogens with one attached hydrogen (secondary N) is 2. The first kappa shape index (κ1) is 19.7. The minimum Gasteiger partial charge on any atom is -0.373 e. The van der Waals surface area contributed by atoms with Gasteiger partial charge in [-0.3, -0.25) is 0 Å². The fourth-order valence-corrected chi connectivity index (χ4v) is 1.91. The van der Waals surface area contributed by atoms with Crippen LogP contribution in [0.2, 0.25) is 0 Å². The van der Waals surface area contributed by atoms with Crippen LogP contribution in [0, 0.1) is 0 Å². The van der Waals surface area contributed by atoms with E-state index in [0.717, 1.165) is 0 Å². The summed E-state index contributed by atoms with van der Waals surface area (Å²) >= 11 is 0. The van der Waals surface area contributed by atoms with Gasteiger partial charge in [0.15, 0.2) is 0 Å². The number of amides is 2. The summed E-state index contributed by atoms with van der Waals surface area (Å²) in [7, 11) is 0. The fourth-order valence-electron chi connectivity index (χ4n) is 1.91. The van der Waals surface area contributed by atoms with Crippen LogP contribution in [-0.2, 0) is 19.1 Å². The molecule has 0 bridgehead atoms. The lowest BCUT2D eigenvalue weighted by molar-refractivity contribution is -0.134. The number of esters is 2. The van der Waals surface area contributed by atoms with Crippen LogP contribution in [0.15, 0.2) is 12.2 Å². The highest BCUT2D eigenvalue weighted by molar-refractivity contribution is 5.98. The lowest BCUT2D eigenvalue weighted by Crippen LogP contribution is -2.43. The molecule has 0 atom stereocenters. The molecule has 0 radical (unpaired) electrons. The van der Waals surface area contributed by atoms with Gasteiger partial charge in [-0.15, -0.1) is 0 Å². The maximum atomic E-state index is 12.6. The Labute approximate surface area is 143 Å². The van der Waals surface area contributed by atoms with Crippen molar-refractivity contribution in [1.29, 1.82) is 0 Å². The molecule has 2 aliphatic rings. The van der Waals surface area contributed by atoms with E-state index in [1.165, 1.54) is 0 Å². The van der Waals surface area contributed by atoms with Crippen LogP contribution in [0.4, 0.5) is 27.2 Å². The number of halogens is 4. The average molecular weight is 382 g/mol. The second kappa shape index (κ2) is 7.30. The van der Waals surface area contributed by atoms with Gasteiger partial charge in [0.05, 0.1) is 0 Å². The van der Waals surface area contributed by atoms with Gasteiger partial charge >= 0.3 is 24.1 Å². The third-order valence-electron chi connectivity index (χ3n) is 3.86. The van der Waals surface area contributed by atoms with Crippen LogP contribution in [0.1, 0.15) is 25.7 Å². The Morgan fingerprint density at radius 2 is 1.04 bits per heavy atom. The summed E-state index contributed by atoms with van der Waals surface area (Å²) in [5, 5.41) is 3.69. The Balaban J connectivity index is 1.72. The van der Waals surface area contributed by atoms with Crippen LogP contribution in [0.5, 0.6) is 0 Å². The van der Waals surface area contributed by atoms with Crippen molar-refractivity contribution in [3.63, 3.8) is 0 Å². The number of carbonyl (C=O) groups is 4. The lowest BCUT2D eigenvalue weighted by atomic mass is 10.3.